The molecule has 0 bridgehead atoms. The van der Waals surface area contributed by atoms with Gasteiger partial charge in [-0.05, 0) is 17.7 Å². The molecule has 134 valence electrons. The first kappa shape index (κ1) is 17.7. The van der Waals surface area contributed by atoms with E-state index in [0.29, 0.717) is 45.0 Å². The molecule has 2 atom stereocenters. The minimum atomic E-state index is -0.861. The van der Waals surface area contributed by atoms with Crippen LogP contribution in [0.2, 0.25) is 0 Å². The zero-order valence-electron chi connectivity index (χ0n) is 13.7. The van der Waals surface area contributed by atoms with Crippen molar-refractivity contribution in [1.82, 2.24) is 9.80 Å². The Morgan fingerprint density at radius 1 is 1.04 bits per heavy atom. The Morgan fingerprint density at radius 3 is 2.50 bits per heavy atom. The van der Waals surface area contributed by atoms with E-state index in [1.165, 1.54) is 6.07 Å². The number of benzene rings is 1. The molecule has 0 spiro atoms. The number of hydrogen-bond acceptors (Lipinski definition) is 5. The first-order valence-corrected chi connectivity index (χ1v) is 8.39. The lowest BCUT2D eigenvalue weighted by Crippen LogP contribution is -2.47. The average molecular weight is 342 g/mol. The van der Waals surface area contributed by atoms with Crippen LogP contribution < -0.4 is 0 Å². The second kappa shape index (κ2) is 8.31. The summed E-state index contributed by atoms with van der Waals surface area (Å²) in [5.41, 5.74) is 0.626. The molecule has 0 amide bonds. The Labute approximate surface area is 140 Å². The van der Waals surface area contributed by atoms with E-state index >= 15 is 0 Å². The Balaban J connectivity index is 1.52. The van der Waals surface area contributed by atoms with Gasteiger partial charge in [0.1, 0.15) is 0 Å². The third kappa shape index (κ3) is 4.70. The molecule has 2 aliphatic heterocycles. The highest BCUT2D eigenvalue weighted by Gasteiger charge is 2.25. The summed E-state index contributed by atoms with van der Waals surface area (Å²) in [7, 11) is 0. The summed E-state index contributed by atoms with van der Waals surface area (Å²) < 4.78 is 37.5. The van der Waals surface area contributed by atoms with E-state index in [-0.39, 0.29) is 6.10 Å². The van der Waals surface area contributed by atoms with E-state index in [1.54, 1.807) is 6.07 Å². The first-order valence-electron chi connectivity index (χ1n) is 8.39. The van der Waals surface area contributed by atoms with Crippen molar-refractivity contribution in [2.75, 3.05) is 59.1 Å². The van der Waals surface area contributed by atoms with Gasteiger partial charge in [-0.25, -0.2) is 8.78 Å². The van der Waals surface area contributed by atoms with E-state index in [2.05, 4.69) is 9.80 Å². The van der Waals surface area contributed by atoms with Crippen LogP contribution in [0.25, 0.3) is 0 Å². The van der Waals surface area contributed by atoms with E-state index in [0.717, 1.165) is 25.7 Å². The molecule has 1 aromatic rings. The van der Waals surface area contributed by atoms with Gasteiger partial charge < -0.3 is 14.6 Å². The predicted molar refractivity (Wildman–Crippen MR) is 84.8 cm³/mol. The fraction of sp³-hybridized carbons (Fsp3) is 0.647. The number of halogens is 2. The van der Waals surface area contributed by atoms with Crippen LogP contribution in [0, 0.1) is 11.6 Å². The number of rotatable bonds is 5. The van der Waals surface area contributed by atoms with Crippen LogP contribution in [-0.4, -0.2) is 80.1 Å². The van der Waals surface area contributed by atoms with Crippen molar-refractivity contribution in [3.8, 4) is 0 Å². The van der Waals surface area contributed by atoms with Crippen LogP contribution in [0.4, 0.5) is 8.78 Å². The summed E-state index contributed by atoms with van der Waals surface area (Å²) in [6.07, 6.45) is -0.753. The van der Waals surface area contributed by atoms with Crippen molar-refractivity contribution in [3.05, 3.63) is 35.4 Å². The summed E-state index contributed by atoms with van der Waals surface area (Å²) in [5, 5.41) is 10.3. The van der Waals surface area contributed by atoms with Crippen LogP contribution in [0.1, 0.15) is 11.7 Å². The maximum atomic E-state index is 13.4. The maximum absolute atomic E-state index is 13.4. The summed E-state index contributed by atoms with van der Waals surface area (Å²) in [6, 6.07) is 3.87. The van der Waals surface area contributed by atoms with Gasteiger partial charge >= 0.3 is 0 Å². The van der Waals surface area contributed by atoms with Gasteiger partial charge in [0.2, 0.25) is 0 Å². The number of hydrogen-bond donors (Lipinski definition) is 1. The molecule has 2 fully saturated rings. The Hall–Kier alpha value is -1.12. The molecule has 0 radical (unpaired) electrons. The highest BCUT2D eigenvalue weighted by molar-refractivity contribution is 5.21. The topological polar surface area (TPSA) is 45.2 Å². The number of aliphatic hydroxyl groups excluding tert-OH is 1. The zero-order chi connectivity index (χ0) is 16.9. The molecule has 2 saturated heterocycles. The van der Waals surface area contributed by atoms with Gasteiger partial charge in [0.15, 0.2) is 11.6 Å². The van der Waals surface area contributed by atoms with Gasteiger partial charge in [-0.3, -0.25) is 9.80 Å². The van der Waals surface area contributed by atoms with Gasteiger partial charge in [0.05, 0.1) is 32.0 Å². The van der Waals surface area contributed by atoms with Crippen molar-refractivity contribution in [2.45, 2.75) is 12.2 Å². The minimum Gasteiger partial charge on any atom is -0.390 e. The monoisotopic (exact) mass is 342 g/mol. The van der Waals surface area contributed by atoms with Crippen molar-refractivity contribution in [1.29, 1.82) is 0 Å². The Morgan fingerprint density at radius 2 is 1.75 bits per heavy atom. The number of β-amino-alcohol motifs (C(OH)–C–C–N with tert-alkyl or cyclic N) is 1. The summed E-state index contributed by atoms with van der Waals surface area (Å²) in [4.78, 5) is 4.31. The Kier molecular flexibility index (Phi) is 6.13. The molecule has 7 heteroatoms. The van der Waals surface area contributed by atoms with Crippen LogP contribution in [-0.2, 0) is 9.47 Å². The number of morpholine rings is 2. The van der Waals surface area contributed by atoms with E-state index < -0.39 is 17.7 Å². The molecule has 5 nitrogen and oxygen atoms in total. The van der Waals surface area contributed by atoms with Gasteiger partial charge in [0.25, 0.3) is 0 Å². The second-order valence-electron chi connectivity index (χ2n) is 6.36. The van der Waals surface area contributed by atoms with Crippen molar-refractivity contribution in [3.63, 3.8) is 0 Å². The molecular weight excluding hydrogens is 318 g/mol. The summed E-state index contributed by atoms with van der Waals surface area (Å²) in [5.74, 6) is -1.71. The highest BCUT2D eigenvalue weighted by Crippen LogP contribution is 2.24. The first-order chi connectivity index (χ1) is 11.6. The standard InChI is InChI=1S/C17H24F2N2O3/c18-15-2-1-13(9-16(15)19)17-12-21(5-8-24-17)11-14(22)10-20-3-6-23-7-4-20/h1-2,9,14,17,22H,3-8,10-12H2. The van der Waals surface area contributed by atoms with E-state index in [1.807, 2.05) is 0 Å². The van der Waals surface area contributed by atoms with Crippen molar-refractivity contribution in [2.24, 2.45) is 0 Å². The third-order valence-electron chi connectivity index (χ3n) is 4.51. The van der Waals surface area contributed by atoms with Crippen LogP contribution in [0.3, 0.4) is 0 Å². The fourth-order valence-electron chi connectivity index (χ4n) is 3.22. The van der Waals surface area contributed by atoms with Gasteiger partial charge in [-0.1, -0.05) is 6.07 Å². The number of aliphatic hydroxyl groups is 1. The molecule has 1 N–H and O–H groups in total. The third-order valence-corrected chi connectivity index (χ3v) is 4.51. The molecule has 0 saturated carbocycles. The van der Waals surface area contributed by atoms with Gasteiger partial charge in [-0.2, -0.15) is 0 Å². The lowest BCUT2D eigenvalue weighted by atomic mass is 10.1. The molecule has 2 heterocycles. The summed E-state index contributed by atoms with van der Waals surface area (Å²) in [6.45, 7) is 6.07. The Bertz CT molecular complexity index is 541. The normalized spacial score (nSPS) is 24.9. The molecule has 2 unspecified atom stereocenters. The quantitative estimate of drug-likeness (QED) is 0.866. The zero-order valence-corrected chi connectivity index (χ0v) is 13.7. The van der Waals surface area contributed by atoms with Gasteiger partial charge in [-0.15, -0.1) is 0 Å². The maximum Gasteiger partial charge on any atom is 0.159 e. The van der Waals surface area contributed by atoms with Gasteiger partial charge in [0, 0.05) is 39.3 Å². The lowest BCUT2D eigenvalue weighted by molar-refractivity contribution is -0.0487. The molecule has 24 heavy (non-hydrogen) atoms. The SMILES string of the molecule is OC(CN1CCOCC1)CN1CCOC(c2ccc(F)c(F)c2)C1. The minimum absolute atomic E-state index is 0.301. The van der Waals surface area contributed by atoms with Crippen LogP contribution in [0.5, 0.6) is 0 Å². The molecule has 2 aliphatic rings. The van der Waals surface area contributed by atoms with Crippen molar-refractivity contribution < 1.29 is 23.4 Å². The van der Waals surface area contributed by atoms with Crippen LogP contribution in [0.15, 0.2) is 18.2 Å². The van der Waals surface area contributed by atoms with Crippen LogP contribution >= 0.6 is 0 Å². The molecular formula is C17H24F2N2O3. The largest absolute Gasteiger partial charge is 0.390 e. The number of nitrogens with zero attached hydrogens (tertiary/aromatic N) is 2. The molecule has 0 aromatic heterocycles. The van der Waals surface area contributed by atoms with E-state index in [9.17, 15) is 13.9 Å². The fourth-order valence-corrected chi connectivity index (χ4v) is 3.22. The molecule has 3 rings (SSSR count). The molecule has 1 aromatic carbocycles. The number of ether oxygens (including phenoxy) is 2. The predicted octanol–water partition coefficient (Wildman–Crippen LogP) is 1.03. The average Bonchev–Trinajstić information content (AvgIpc) is 2.58. The second-order valence-corrected chi connectivity index (χ2v) is 6.36. The molecule has 0 aliphatic carbocycles. The highest BCUT2D eigenvalue weighted by atomic mass is 19.2. The lowest BCUT2D eigenvalue weighted by Gasteiger charge is -2.35. The summed E-state index contributed by atoms with van der Waals surface area (Å²) >= 11 is 0. The smallest absolute Gasteiger partial charge is 0.159 e. The van der Waals surface area contributed by atoms with Crippen molar-refractivity contribution >= 4 is 0 Å². The van der Waals surface area contributed by atoms with E-state index in [4.69, 9.17) is 9.47 Å².